The van der Waals surface area contributed by atoms with Gasteiger partial charge in [0.25, 0.3) is 5.56 Å². The van der Waals surface area contributed by atoms with Crippen LogP contribution in [0.4, 0.5) is 5.69 Å². The summed E-state index contributed by atoms with van der Waals surface area (Å²) < 4.78 is 8.31. The number of benzene rings is 2. The molecule has 162 valence electrons. The number of ether oxygens (including phenoxy) is 1. The van der Waals surface area contributed by atoms with Gasteiger partial charge < -0.3 is 10.1 Å². The molecule has 7 nitrogen and oxygen atoms in total. The molecule has 31 heavy (non-hydrogen) atoms. The van der Waals surface area contributed by atoms with Gasteiger partial charge in [0, 0.05) is 32.4 Å². The molecule has 0 radical (unpaired) electrons. The Bertz CT molecular complexity index is 1090. The van der Waals surface area contributed by atoms with E-state index >= 15 is 0 Å². The van der Waals surface area contributed by atoms with Crippen LogP contribution >= 0.6 is 0 Å². The number of rotatable bonds is 8. The highest BCUT2D eigenvalue weighted by Gasteiger charge is 2.14. The SMILES string of the molecule is O=c1c(NCCN2CCOCC2)cn(Cc2ccccc2)c(=O)n1Cc1ccccc1. The average molecular weight is 421 g/mol. The van der Waals surface area contributed by atoms with E-state index in [2.05, 4.69) is 10.2 Å². The smallest absolute Gasteiger partial charge is 0.331 e. The van der Waals surface area contributed by atoms with Gasteiger partial charge in [-0.05, 0) is 11.1 Å². The standard InChI is InChI=1S/C24H28N4O3/c29-23-22(25-11-12-26-13-15-31-16-14-26)19-27(17-20-7-3-1-4-8-20)24(30)28(23)18-21-9-5-2-6-10-21/h1-10,19,25H,11-18H2. The molecule has 1 N–H and O–H groups in total. The van der Waals surface area contributed by atoms with Gasteiger partial charge in [-0.1, -0.05) is 60.7 Å². The number of hydrogen-bond acceptors (Lipinski definition) is 5. The van der Waals surface area contributed by atoms with Gasteiger partial charge in [0.2, 0.25) is 0 Å². The normalized spacial score (nSPS) is 14.5. The number of anilines is 1. The number of nitrogens with zero attached hydrogens (tertiary/aromatic N) is 3. The Labute approximate surface area is 181 Å². The molecule has 1 fully saturated rings. The Morgan fingerprint density at radius 2 is 1.45 bits per heavy atom. The first kappa shape index (κ1) is 21.1. The van der Waals surface area contributed by atoms with Crippen molar-refractivity contribution in [3.05, 3.63) is 98.8 Å². The van der Waals surface area contributed by atoms with Crippen molar-refractivity contribution in [3.63, 3.8) is 0 Å². The Morgan fingerprint density at radius 1 is 0.839 bits per heavy atom. The van der Waals surface area contributed by atoms with E-state index in [0.717, 1.165) is 44.0 Å². The summed E-state index contributed by atoms with van der Waals surface area (Å²) in [5, 5.41) is 3.26. The highest BCUT2D eigenvalue weighted by atomic mass is 16.5. The molecule has 0 saturated carbocycles. The minimum Gasteiger partial charge on any atom is -0.379 e. The molecule has 0 aliphatic carbocycles. The summed E-state index contributed by atoms with van der Waals surface area (Å²) in [5.41, 5.74) is 1.77. The quantitative estimate of drug-likeness (QED) is 0.602. The molecular formula is C24H28N4O3. The molecule has 2 aromatic carbocycles. The maximum absolute atomic E-state index is 13.1. The molecule has 4 rings (SSSR count). The molecule has 1 aromatic heterocycles. The van der Waals surface area contributed by atoms with Crippen LogP contribution in [-0.4, -0.2) is 53.4 Å². The van der Waals surface area contributed by atoms with E-state index in [4.69, 9.17) is 4.74 Å². The fourth-order valence-electron chi connectivity index (χ4n) is 3.75. The van der Waals surface area contributed by atoms with Crippen molar-refractivity contribution in [3.8, 4) is 0 Å². The fraction of sp³-hybridized carbons (Fsp3) is 0.333. The topological polar surface area (TPSA) is 68.5 Å². The summed E-state index contributed by atoms with van der Waals surface area (Å²) in [4.78, 5) is 28.6. The van der Waals surface area contributed by atoms with Crippen molar-refractivity contribution in [2.45, 2.75) is 13.1 Å². The summed E-state index contributed by atoms with van der Waals surface area (Å²) in [7, 11) is 0. The van der Waals surface area contributed by atoms with Crippen LogP contribution in [-0.2, 0) is 17.8 Å². The maximum atomic E-state index is 13.1. The van der Waals surface area contributed by atoms with Crippen LogP contribution < -0.4 is 16.6 Å². The first-order valence-electron chi connectivity index (χ1n) is 10.7. The Kier molecular flexibility index (Phi) is 6.96. The minimum atomic E-state index is -0.309. The molecule has 1 saturated heterocycles. The third kappa shape index (κ3) is 5.51. The summed E-state index contributed by atoms with van der Waals surface area (Å²) in [5.74, 6) is 0. The summed E-state index contributed by atoms with van der Waals surface area (Å²) >= 11 is 0. The van der Waals surface area contributed by atoms with Crippen molar-refractivity contribution in [1.29, 1.82) is 0 Å². The van der Waals surface area contributed by atoms with Crippen molar-refractivity contribution < 1.29 is 4.74 Å². The molecule has 0 atom stereocenters. The second-order valence-electron chi connectivity index (χ2n) is 7.70. The molecular weight excluding hydrogens is 392 g/mol. The summed E-state index contributed by atoms with van der Waals surface area (Å²) in [6, 6.07) is 19.4. The molecule has 1 aliphatic heterocycles. The Hall–Kier alpha value is -3.16. The van der Waals surface area contributed by atoms with Crippen molar-refractivity contribution in [2.75, 3.05) is 44.7 Å². The van der Waals surface area contributed by atoms with E-state index in [1.807, 2.05) is 60.7 Å². The molecule has 7 heteroatoms. The van der Waals surface area contributed by atoms with Crippen LogP contribution in [0.15, 0.2) is 76.4 Å². The van der Waals surface area contributed by atoms with Crippen molar-refractivity contribution in [2.24, 2.45) is 0 Å². The zero-order valence-electron chi connectivity index (χ0n) is 17.6. The van der Waals surface area contributed by atoms with E-state index in [0.29, 0.717) is 18.8 Å². The van der Waals surface area contributed by atoms with Crippen LogP contribution in [0.2, 0.25) is 0 Å². The van der Waals surface area contributed by atoms with Crippen LogP contribution in [0.5, 0.6) is 0 Å². The number of hydrogen-bond donors (Lipinski definition) is 1. The van der Waals surface area contributed by atoms with Gasteiger partial charge in [0.15, 0.2) is 0 Å². The third-order valence-electron chi connectivity index (χ3n) is 5.46. The molecule has 1 aliphatic rings. The van der Waals surface area contributed by atoms with Crippen LogP contribution in [0.3, 0.4) is 0 Å². The van der Waals surface area contributed by atoms with E-state index in [1.165, 1.54) is 4.57 Å². The van der Waals surface area contributed by atoms with Gasteiger partial charge >= 0.3 is 5.69 Å². The van der Waals surface area contributed by atoms with Gasteiger partial charge in [-0.3, -0.25) is 18.8 Å². The number of nitrogens with one attached hydrogen (secondary N) is 1. The van der Waals surface area contributed by atoms with E-state index in [-0.39, 0.29) is 17.8 Å². The van der Waals surface area contributed by atoms with Crippen molar-refractivity contribution >= 4 is 5.69 Å². The minimum absolute atomic E-state index is 0.242. The predicted octanol–water partition coefficient (Wildman–Crippen LogP) is 1.85. The largest absolute Gasteiger partial charge is 0.379 e. The van der Waals surface area contributed by atoms with Gasteiger partial charge in [0.1, 0.15) is 5.69 Å². The molecule has 0 unspecified atom stereocenters. The predicted molar refractivity (Wildman–Crippen MR) is 122 cm³/mol. The van der Waals surface area contributed by atoms with E-state index in [9.17, 15) is 9.59 Å². The summed E-state index contributed by atoms with van der Waals surface area (Å²) in [6.45, 7) is 5.38. The maximum Gasteiger partial charge on any atom is 0.331 e. The van der Waals surface area contributed by atoms with Crippen molar-refractivity contribution in [1.82, 2.24) is 14.0 Å². The summed E-state index contributed by atoms with van der Waals surface area (Å²) in [6.07, 6.45) is 1.65. The second-order valence-corrected chi connectivity index (χ2v) is 7.70. The van der Waals surface area contributed by atoms with Gasteiger partial charge in [-0.25, -0.2) is 4.79 Å². The average Bonchev–Trinajstić information content (AvgIpc) is 2.81. The molecule has 0 amide bonds. The number of aromatic nitrogens is 2. The molecule has 2 heterocycles. The third-order valence-corrected chi connectivity index (χ3v) is 5.46. The number of morpholine rings is 1. The Balaban J connectivity index is 1.60. The fourth-order valence-corrected chi connectivity index (χ4v) is 3.75. The second kappa shape index (κ2) is 10.2. The highest BCUT2D eigenvalue weighted by molar-refractivity contribution is 5.39. The zero-order valence-corrected chi connectivity index (χ0v) is 17.6. The first-order chi connectivity index (χ1) is 15.2. The van der Waals surface area contributed by atoms with Crippen LogP contribution in [0.25, 0.3) is 0 Å². The molecule has 3 aromatic rings. The van der Waals surface area contributed by atoms with Gasteiger partial charge in [-0.2, -0.15) is 0 Å². The first-order valence-corrected chi connectivity index (χ1v) is 10.7. The monoisotopic (exact) mass is 420 g/mol. The zero-order chi connectivity index (χ0) is 21.5. The van der Waals surface area contributed by atoms with Crippen LogP contribution in [0, 0.1) is 0 Å². The Morgan fingerprint density at radius 3 is 2.10 bits per heavy atom. The lowest BCUT2D eigenvalue weighted by Crippen LogP contribution is -2.42. The molecule has 0 spiro atoms. The van der Waals surface area contributed by atoms with E-state index in [1.54, 1.807) is 10.8 Å². The highest BCUT2D eigenvalue weighted by Crippen LogP contribution is 2.06. The van der Waals surface area contributed by atoms with Gasteiger partial charge in [0.05, 0.1) is 26.3 Å². The lowest BCUT2D eigenvalue weighted by molar-refractivity contribution is 0.0398. The van der Waals surface area contributed by atoms with E-state index < -0.39 is 0 Å². The van der Waals surface area contributed by atoms with Gasteiger partial charge in [-0.15, -0.1) is 0 Å². The van der Waals surface area contributed by atoms with Crippen LogP contribution in [0.1, 0.15) is 11.1 Å². The lowest BCUT2D eigenvalue weighted by atomic mass is 10.2. The molecule has 0 bridgehead atoms. The lowest BCUT2D eigenvalue weighted by Gasteiger charge is -2.26.